The predicted octanol–water partition coefficient (Wildman–Crippen LogP) is 7.02. The highest BCUT2D eigenvalue weighted by molar-refractivity contribution is 7.15. The van der Waals surface area contributed by atoms with Gasteiger partial charge in [-0.2, -0.15) is 0 Å². The lowest BCUT2D eigenvalue weighted by Gasteiger charge is -2.21. The van der Waals surface area contributed by atoms with Gasteiger partial charge in [-0.05, 0) is 23.3 Å². The average Bonchev–Trinajstić information content (AvgIpc) is 3.76. The van der Waals surface area contributed by atoms with E-state index in [0.29, 0.717) is 32.3 Å². The number of carbonyl (C=O) groups is 4. The van der Waals surface area contributed by atoms with Crippen molar-refractivity contribution in [2.75, 3.05) is 0 Å². The molecule has 0 saturated heterocycles. The number of allylic oxidation sites excluding steroid dienone is 4. The summed E-state index contributed by atoms with van der Waals surface area (Å²) in [6.45, 7) is 8.54. The zero-order valence-electron chi connectivity index (χ0n) is 23.1. The Kier molecular flexibility index (Phi) is 4.89. The van der Waals surface area contributed by atoms with E-state index in [0.717, 1.165) is 32.3 Å². The molecule has 42 heavy (non-hydrogen) atoms. The maximum Gasteiger partial charge on any atom is 0.197 e. The molecule has 2 heterocycles. The predicted molar refractivity (Wildman–Crippen MR) is 163 cm³/mol. The fourth-order valence-corrected chi connectivity index (χ4v) is 9.45. The Bertz CT molecular complexity index is 1890. The molecule has 0 atom stereocenters. The molecule has 6 nitrogen and oxygen atoms in total. The molecule has 0 unspecified atom stereocenters. The van der Waals surface area contributed by atoms with E-state index in [4.69, 9.17) is 9.97 Å². The minimum Gasteiger partial charge on any atom is -0.288 e. The van der Waals surface area contributed by atoms with E-state index in [9.17, 15) is 19.2 Å². The van der Waals surface area contributed by atoms with Gasteiger partial charge in [-0.25, -0.2) is 9.97 Å². The first-order chi connectivity index (χ1) is 20.0. The second-order valence-electron chi connectivity index (χ2n) is 12.0. The van der Waals surface area contributed by atoms with Crippen LogP contribution >= 0.6 is 22.7 Å². The highest BCUT2D eigenvalue weighted by atomic mass is 32.1. The molecule has 0 radical (unpaired) electrons. The normalized spacial score (nSPS) is 18.9. The quantitative estimate of drug-likeness (QED) is 0.185. The Morgan fingerprint density at radius 3 is 1.17 bits per heavy atom. The molecular formula is C34H22N2O4S2. The largest absolute Gasteiger partial charge is 0.288 e. The van der Waals surface area contributed by atoms with Gasteiger partial charge in [-0.3, -0.25) is 19.2 Å². The molecule has 4 aliphatic carbocycles. The summed E-state index contributed by atoms with van der Waals surface area (Å²) < 4.78 is 0. The smallest absolute Gasteiger partial charge is 0.197 e. The summed E-state index contributed by atoms with van der Waals surface area (Å²) in [6.07, 6.45) is 3.27. The number of hydrogen-bond donors (Lipinski definition) is 0. The van der Waals surface area contributed by atoms with E-state index in [1.165, 1.54) is 22.7 Å². The molecule has 0 bridgehead atoms. The van der Waals surface area contributed by atoms with E-state index in [1.54, 1.807) is 60.7 Å². The topological polar surface area (TPSA) is 94.1 Å². The standard InChI is InChI=1S/C34H22N2O4S2/c1-33(2)23-24(30-31(33)35-21(42-30)13-19-25(37)15-9-5-6-10-16(15)26(19)38)34(3,4)32-29(23)41-22(36-32)14-20-27(39)17-11-7-8-12-18(17)28(20)40/h5-14H,1-4H3. The summed E-state index contributed by atoms with van der Waals surface area (Å²) in [4.78, 5) is 64.0. The maximum atomic E-state index is 13.0. The minimum atomic E-state index is -0.445. The molecule has 0 spiro atoms. The molecule has 0 aliphatic heterocycles. The second kappa shape index (κ2) is 8.12. The van der Waals surface area contributed by atoms with Crippen LogP contribution in [0.1, 0.15) is 100 Å². The number of nitrogens with zero attached hydrogens (tertiary/aromatic N) is 2. The third-order valence-electron chi connectivity index (χ3n) is 8.77. The zero-order chi connectivity index (χ0) is 29.3. The van der Waals surface area contributed by atoms with Gasteiger partial charge in [0.05, 0.1) is 32.3 Å². The highest BCUT2D eigenvalue weighted by Crippen LogP contribution is 2.64. The highest BCUT2D eigenvalue weighted by Gasteiger charge is 2.54. The molecule has 8 heteroatoms. The Morgan fingerprint density at radius 2 is 0.857 bits per heavy atom. The van der Waals surface area contributed by atoms with E-state index in [2.05, 4.69) is 27.7 Å². The van der Waals surface area contributed by atoms with Gasteiger partial charge in [-0.1, -0.05) is 76.2 Å². The summed E-state index contributed by atoms with van der Waals surface area (Å²) in [7, 11) is 0. The van der Waals surface area contributed by atoms with Crippen LogP contribution in [0, 0.1) is 0 Å². The lowest BCUT2D eigenvalue weighted by atomic mass is 9.84. The van der Waals surface area contributed by atoms with Crippen molar-refractivity contribution in [2.24, 2.45) is 0 Å². The van der Waals surface area contributed by atoms with Crippen LogP contribution in [0.25, 0.3) is 23.3 Å². The molecule has 2 aromatic heterocycles. The van der Waals surface area contributed by atoms with Gasteiger partial charge in [0.2, 0.25) is 0 Å². The van der Waals surface area contributed by atoms with Gasteiger partial charge >= 0.3 is 0 Å². The summed E-state index contributed by atoms with van der Waals surface area (Å²) in [6, 6.07) is 13.8. The summed E-state index contributed by atoms with van der Waals surface area (Å²) >= 11 is 2.99. The van der Waals surface area contributed by atoms with E-state index >= 15 is 0 Å². The van der Waals surface area contributed by atoms with Crippen LogP contribution in [-0.2, 0) is 10.8 Å². The van der Waals surface area contributed by atoms with Crippen molar-refractivity contribution in [3.63, 3.8) is 0 Å². The Labute approximate surface area is 249 Å². The number of thiazole rings is 2. The maximum absolute atomic E-state index is 13.0. The second-order valence-corrected chi connectivity index (χ2v) is 14.0. The summed E-state index contributed by atoms with van der Waals surface area (Å²) in [5.41, 5.74) is 5.31. The fourth-order valence-electron chi connectivity index (χ4n) is 6.69. The van der Waals surface area contributed by atoms with Crippen molar-refractivity contribution in [1.29, 1.82) is 0 Å². The van der Waals surface area contributed by atoms with Crippen molar-refractivity contribution in [2.45, 2.75) is 38.5 Å². The van der Waals surface area contributed by atoms with Crippen molar-refractivity contribution < 1.29 is 19.2 Å². The molecule has 0 amide bonds. The Hall–Kier alpha value is -4.40. The van der Waals surface area contributed by atoms with Crippen molar-refractivity contribution in [3.05, 3.63) is 113 Å². The van der Waals surface area contributed by atoms with Crippen LogP contribution in [-0.4, -0.2) is 33.1 Å². The monoisotopic (exact) mass is 586 g/mol. The van der Waals surface area contributed by atoms with Crippen LogP contribution in [0.15, 0.2) is 59.7 Å². The molecule has 4 aliphatic rings. The molecule has 204 valence electrons. The number of hydrogen-bond acceptors (Lipinski definition) is 8. The number of rotatable bonds is 2. The molecule has 0 saturated carbocycles. The molecule has 0 N–H and O–H groups in total. The Morgan fingerprint density at radius 1 is 0.548 bits per heavy atom. The van der Waals surface area contributed by atoms with E-state index in [-0.39, 0.29) is 34.3 Å². The first kappa shape index (κ1) is 25.3. The lowest BCUT2D eigenvalue weighted by molar-refractivity contribution is 0.0975. The summed E-state index contributed by atoms with van der Waals surface area (Å²) in [5, 5.41) is 1.26. The zero-order valence-corrected chi connectivity index (χ0v) is 24.8. The average molecular weight is 587 g/mol. The van der Waals surface area contributed by atoms with Crippen LogP contribution in [0.2, 0.25) is 0 Å². The van der Waals surface area contributed by atoms with Crippen molar-refractivity contribution in [3.8, 4) is 0 Å². The number of Topliss-reactive ketones (excluding diaryl/α,β-unsaturated/α-hetero) is 4. The number of ketones is 4. The van der Waals surface area contributed by atoms with E-state index in [1.807, 2.05) is 0 Å². The molecular weight excluding hydrogens is 565 g/mol. The van der Waals surface area contributed by atoms with Gasteiger partial charge < -0.3 is 0 Å². The van der Waals surface area contributed by atoms with Gasteiger partial charge in [0.15, 0.2) is 23.1 Å². The third kappa shape index (κ3) is 3.08. The van der Waals surface area contributed by atoms with Crippen LogP contribution < -0.4 is 0 Å². The van der Waals surface area contributed by atoms with Crippen LogP contribution in [0.4, 0.5) is 0 Å². The SMILES string of the molecule is CC1(C)C2=C(c3sc(C=C4C(=O)c5ccccc5C4=O)nc31)C(C)(C)c1nc(C=C3C(=O)c4ccccc4C3=O)sc12. The summed E-state index contributed by atoms with van der Waals surface area (Å²) in [5.74, 6) is -1.05. The van der Waals surface area contributed by atoms with Gasteiger partial charge in [0.25, 0.3) is 0 Å². The Balaban J connectivity index is 1.20. The van der Waals surface area contributed by atoms with Gasteiger partial charge in [-0.15, -0.1) is 22.7 Å². The lowest BCUT2D eigenvalue weighted by Crippen LogP contribution is -2.18. The molecule has 4 aromatic rings. The number of carbonyl (C=O) groups excluding carboxylic acids is 4. The number of fused-ring (bicyclic) bond motifs is 6. The molecule has 2 aromatic carbocycles. The van der Waals surface area contributed by atoms with Gasteiger partial charge in [0, 0.05) is 33.1 Å². The number of benzene rings is 2. The first-order valence-electron chi connectivity index (χ1n) is 13.6. The first-order valence-corrected chi connectivity index (χ1v) is 15.2. The minimum absolute atomic E-state index is 0.151. The van der Waals surface area contributed by atoms with Crippen molar-refractivity contribution >= 4 is 69.1 Å². The number of aromatic nitrogens is 2. The van der Waals surface area contributed by atoms with Crippen LogP contribution in [0.3, 0.4) is 0 Å². The molecule has 0 fully saturated rings. The van der Waals surface area contributed by atoms with E-state index < -0.39 is 10.8 Å². The third-order valence-corrected chi connectivity index (χ3v) is 10.8. The van der Waals surface area contributed by atoms with Crippen LogP contribution in [0.5, 0.6) is 0 Å². The van der Waals surface area contributed by atoms with Gasteiger partial charge in [0.1, 0.15) is 10.0 Å². The molecule has 8 rings (SSSR count). The fraction of sp³-hybridized carbons (Fsp3) is 0.176. The van der Waals surface area contributed by atoms with Crippen molar-refractivity contribution in [1.82, 2.24) is 9.97 Å².